The highest BCUT2D eigenvalue weighted by Gasteiger charge is 2.21. The van der Waals surface area contributed by atoms with Gasteiger partial charge in [0.2, 0.25) is 5.91 Å². The number of allylic oxidation sites excluding steroid dienone is 2. The Morgan fingerprint density at radius 1 is 1.23 bits per heavy atom. The molecule has 5 nitrogen and oxygen atoms in total. The molecule has 0 saturated heterocycles. The summed E-state index contributed by atoms with van der Waals surface area (Å²) in [6.07, 6.45) is 8.15. The number of fused-ring (bicyclic) bond motifs is 1. The minimum atomic E-state index is 0.0833. The number of benzene rings is 1. The first-order valence-electron chi connectivity index (χ1n) is 8.89. The highest BCUT2D eigenvalue weighted by atomic mass is 32.2. The van der Waals surface area contributed by atoms with E-state index in [0.29, 0.717) is 12.3 Å². The third kappa shape index (κ3) is 3.85. The van der Waals surface area contributed by atoms with Crippen LogP contribution in [0.15, 0.2) is 64.0 Å². The Bertz CT molecular complexity index is 881. The molecule has 4 rings (SSSR count). The molecular formula is C20H21N3O2S. The number of aromatic amines is 1. The standard InChI is InChI=1S/C20H21N3O2S/c24-19(14-26-20-21-17-10-4-5-11-18(17)22-20)23(13-16-9-6-12-25-16)15-7-2-1-3-8-15/h4-7,9-12H,1-3,8,13-14H2,(H,21,22). The monoisotopic (exact) mass is 367 g/mol. The maximum atomic E-state index is 12.9. The molecule has 0 radical (unpaired) electrons. The van der Waals surface area contributed by atoms with Crippen molar-refractivity contribution in [1.29, 1.82) is 0 Å². The second-order valence-electron chi connectivity index (χ2n) is 6.35. The van der Waals surface area contributed by atoms with Crippen molar-refractivity contribution in [2.24, 2.45) is 0 Å². The summed E-state index contributed by atoms with van der Waals surface area (Å²) >= 11 is 1.44. The Balaban J connectivity index is 1.47. The van der Waals surface area contributed by atoms with Gasteiger partial charge in [-0.2, -0.15) is 0 Å². The van der Waals surface area contributed by atoms with E-state index in [-0.39, 0.29) is 5.91 Å². The fourth-order valence-electron chi connectivity index (χ4n) is 3.18. The Morgan fingerprint density at radius 3 is 2.92 bits per heavy atom. The Hall–Kier alpha value is -2.47. The van der Waals surface area contributed by atoms with Gasteiger partial charge in [-0.25, -0.2) is 4.98 Å². The lowest BCUT2D eigenvalue weighted by atomic mass is 10.0. The highest BCUT2D eigenvalue weighted by molar-refractivity contribution is 7.99. The number of aromatic nitrogens is 2. The van der Waals surface area contributed by atoms with Gasteiger partial charge in [-0.05, 0) is 49.9 Å². The second-order valence-corrected chi connectivity index (χ2v) is 7.31. The number of amides is 1. The van der Waals surface area contributed by atoms with Gasteiger partial charge in [-0.1, -0.05) is 30.0 Å². The first-order chi connectivity index (χ1) is 12.8. The number of nitrogens with one attached hydrogen (secondary N) is 1. The molecule has 0 unspecified atom stereocenters. The van der Waals surface area contributed by atoms with Crippen LogP contribution in [0.2, 0.25) is 0 Å². The molecule has 26 heavy (non-hydrogen) atoms. The fraction of sp³-hybridized carbons (Fsp3) is 0.300. The molecular weight excluding hydrogens is 346 g/mol. The van der Waals surface area contributed by atoms with E-state index in [1.165, 1.54) is 18.2 Å². The quantitative estimate of drug-likeness (QED) is 0.640. The third-order valence-corrected chi connectivity index (χ3v) is 5.37. The van der Waals surface area contributed by atoms with Gasteiger partial charge in [0, 0.05) is 5.70 Å². The molecule has 1 amide bonds. The van der Waals surface area contributed by atoms with Gasteiger partial charge in [-0.3, -0.25) is 4.79 Å². The lowest BCUT2D eigenvalue weighted by molar-refractivity contribution is -0.127. The van der Waals surface area contributed by atoms with Crippen LogP contribution in [-0.4, -0.2) is 26.5 Å². The number of hydrogen-bond acceptors (Lipinski definition) is 4. The Morgan fingerprint density at radius 2 is 2.15 bits per heavy atom. The lowest BCUT2D eigenvalue weighted by Gasteiger charge is -2.27. The second kappa shape index (κ2) is 7.83. The Kier molecular flexibility index (Phi) is 5.11. The molecule has 1 N–H and O–H groups in total. The first-order valence-corrected chi connectivity index (χ1v) is 9.87. The van der Waals surface area contributed by atoms with Crippen LogP contribution in [0.4, 0.5) is 0 Å². The van der Waals surface area contributed by atoms with Crippen molar-refractivity contribution in [3.8, 4) is 0 Å². The predicted molar refractivity (Wildman–Crippen MR) is 103 cm³/mol. The molecule has 1 aromatic carbocycles. The van der Waals surface area contributed by atoms with Crippen LogP contribution in [0.5, 0.6) is 0 Å². The number of para-hydroxylation sites is 2. The van der Waals surface area contributed by atoms with Crippen LogP contribution >= 0.6 is 11.8 Å². The summed E-state index contributed by atoms with van der Waals surface area (Å²) < 4.78 is 5.46. The van der Waals surface area contributed by atoms with Crippen molar-refractivity contribution in [2.75, 3.05) is 5.75 Å². The Labute approximate surface area is 156 Å². The molecule has 0 bridgehead atoms. The molecule has 0 aliphatic heterocycles. The van der Waals surface area contributed by atoms with Crippen LogP contribution in [0.3, 0.4) is 0 Å². The molecule has 1 aliphatic rings. The number of thioether (sulfide) groups is 1. The summed E-state index contributed by atoms with van der Waals surface area (Å²) in [7, 11) is 0. The fourth-order valence-corrected chi connectivity index (χ4v) is 3.94. The number of carbonyl (C=O) groups excluding carboxylic acids is 1. The number of carbonyl (C=O) groups is 1. The van der Waals surface area contributed by atoms with Crippen LogP contribution in [0, 0.1) is 0 Å². The van der Waals surface area contributed by atoms with Crippen molar-refractivity contribution < 1.29 is 9.21 Å². The highest BCUT2D eigenvalue weighted by Crippen LogP contribution is 2.25. The van der Waals surface area contributed by atoms with Gasteiger partial charge < -0.3 is 14.3 Å². The van der Waals surface area contributed by atoms with Crippen molar-refractivity contribution in [3.05, 3.63) is 60.2 Å². The molecule has 2 heterocycles. The topological polar surface area (TPSA) is 62.1 Å². The van der Waals surface area contributed by atoms with Crippen molar-refractivity contribution in [3.63, 3.8) is 0 Å². The van der Waals surface area contributed by atoms with Crippen molar-refractivity contribution in [2.45, 2.75) is 37.4 Å². The van der Waals surface area contributed by atoms with E-state index in [2.05, 4.69) is 16.0 Å². The molecule has 1 aliphatic carbocycles. The van der Waals surface area contributed by atoms with E-state index in [0.717, 1.165) is 46.9 Å². The van der Waals surface area contributed by atoms with E-state index >= 15 is 0 Å². The normalized spacial score (nSPS) is 14.4. The number of nitrogens with zero attached hydrogens (tertiary/aromatic N) is 2. The molecule has 134 valence electrons. The van der Waals surface area contributed by atoms with E-state index in [1.54, 1.807) is 6.26 Å². The minimum absolute atomic E-state index is 0.0833. The zero-order chi connectivity index (χ0) is 17.8. The summed E-state index contributed by atoms with van der Waals surface area (Å²) in [4.78, 5) is 22.6. The number of hydrogen-bond donors (Lipinski definition) is 1. The van der Waals surface area contributed by atoms with Crippen LogP contribution in [0.25, 0.3) is 11.0 Å². The van der Waals surface area contributed by atoms with E-state index in [4.69, 9.17) is 4.42 Å². The smallest absolute Gasteiger partial charge is 0.237 e. The number of rotatable bonds is 6. The third-order valence-electron chi connectivity index (χ3n) is 4.51. The van der Waals surface area contributed by atoms with Gasteiger partial charge in [0.05, 0.1) is 29.6 Å². The van der Waals surface area contributed by atoms with Gasteiger partial charge in [-0.15, -0.1) is 0 Å². The minimum Gasteiger partial charge on any atom is -0.467 e. The molecule has 0 spiro atoms. The average Bonchev–Trinajstić information content (AvgIpc) is 3.34. The summed E-state index contributed by atoms with van der Waals surface area (Å²) in [5.41, 5.74) is 3.03. The number of furan rings is 1. The molecule has 3 aromatic rings. The number of H-pyrrole nitrogens is 1. The summed E-state index contributed by atoms with van der Waals surface area (Å²) in [5, 5.41) is 0.773. The van der Waals surface area contributed by atoms with Gasteiger partial charge in [0.1, 0.15) is 5.76 Å². The summed E-state index contributed by atoms with van der Waals surface area (Å²) in [6, 6.07) is 11.7. The largest absolute Gasteiger partial charge is 0.467 e. The van der Waals surface area contributed by atoms with Crippen LogP contribution in [0.1, 0.15) is 31.4 Å². The van der Waals surface area contributed by atoms with Gasteiger partial charge in [0.25, 0.3) is 0 Å². The summed E-state index contributed by atoms with van der Waals surface area (Å²) in [6.45, 7) is 0.484. The number of imidazole rings is 1. The molecule has 0 atom stereocenters. The summed E-state index contributed by atoms with van der Waals surface area (Å²) in [5.74, 6) is 1.23. The molecule has 0 fully saturated rings. The van der Waals surface area contributed by atoms with Crippen molar-refractivity contribution in [1.82, 2.24) is 14.9 Å². The van der Waals surface area contributed by atoms with Gasteiger partial charge >= 0.3 is 0 Å². The predicted octanol–water partition coefficient (Wildman–Crippen LogP) is 4.73. The van der Waals surface area contributed by atoms with Crippen molar-refractivity contribution >= 4 is 28.7 Å². The zero-order valence-electron chi connectivity index (χ0n) is 14.5. The van der Waals surface area contributed by atoms with E-state index < -0.39 is 0 Å². The molecule has 6 heteroatoms. The molecule has 2 aromatic heterocycles. The zero-order valence-corrected chi connectivity index (χ0v) is 15.3. The maximum Gasteiger partial charge on any atom is 0.237 e. The SMILES string of the molecule is O=C(CSc1nc2ccccc2[nH]1)N(Cc1ccco1)C1=CCCCC1. The van der Waals surface area contributed by atoms with Crippen LogP contribution in [-0.2, 0) is 11.3 Å². The average molecular weight is 367 g/mol. The lowest BCUT2D eigenvalue weighted by Crippen LogP contribution is -2.32. The van der Waals surface area contributed by atoms with E-state index in [9.17, 15) is 4.79 Å². The van der Waals surface area contributed by atoms with E-state index in [1.807, 2.05) is 41.3 Å². The molecule has 0 saturated carbocycles. The maximum absolute atomic E-state index is 12.9. The van der Waals surface area contributed by atoms with Crippen LogP contribution < -0.4 is 0 Å². The van der Waals surface area contributed by atoms with Gasteiger partial charge in [0.15, 0.2) is 5.16 Å². The first kappa shape index (κ1) is 17.0.